The largest absolute Gasteiger partial charge is 0.340 e. The van der Waals surface area contributed by atoms with Gasteiger partial charge in [-0.1, -0.05) is 13.8 Å². The fraction of sp³-hybridized carbons (Fsp3) is 1.00. The molecule has 0 amide bonds. The van der Waals surface area contributed by atoms with Crippen LogP contribution in [0.25, 0.3) is 0 Å². The van der Waals surface area contributed by atoms with E-state index in [1.165, 1.54) is 0 Å². The minimum atomic E-state index is -4.78. The third-order valence-electron chi connectivity index (χ3n) is 2.22. The van der Waals surface area contributed by atoms with Crippen molar-refractivity contribution in [1.29, 1.82) is 0 Å². The van der Waals surface area contributed by atoms with Crippen molar-refractivity contribution < 1.29 is 28.7 Å². The normalized spacial score (nSPS) is 14.0. The monoisotopic (exact) mass is 289 g/mol. The first-order valence-electron chi connectivity index (χ1n) is 5.23. The second-order valence-corrected chi connectivity index (χ2v) is 8.61. The lowest BCUT2D eigenvalue weighted by atomic mass is 10.2. The molecule has 104 valence electrons. The molecule has 17 heavy (non-hydrogen) atoms. The first-order chi connectivity index (χ1) is 7.44. The maximum Gasteiger partial charge on any atom is 0.340 e. The molecule has 7 nitrogen and oxygen atoms in total. The van der Waals surface area contributed by atoms with Crippen LogP contribution in [-0.4, -0.2) is 50.0 Å². The lowest BCUT2D eigenvalue weighted by molar-refractivity contribution is 0.281. The highest BCUT2D eigenvalue weighted by Gasteiger charge is 2.42. The third-order valence-corrected chi connectivity index (χ3v) is 6.10. The molecule has 0 spiro atoms. The van der Waals surface area contributed by atoms with E-state index in [2.05, 4.69) is 0 Å². The van der Waals surface area contributed by atoms with Gasteiger partial charge in [-0.2, -0.15) is 0 Å². The molecule has 0 aromatic rings. The molecule has 4 N–H and O–H groups in total. The van der Waals surface area contributed by atoms with E-state index in [0.29, 0.717) is 12.5 Å². The maximum atomic E-state index is 11.0. The van der Waals surface area contributed by atoms with Gasteiger partial charge < -0.3 is 24.5 Å². The van der Waals surface area contributed by atoms with Crippen LogP contribution in [-0.2, 0) is 9.13 Å². The van der Waals surface area contributed by atoms with Crippen molar-refractivity contribution >= 4 is 15.2 Å². The fourth-order valence-electron chi connectivity index (χ4n) is 1.58. The lowest BCUT2D eigenvalue weighted by Gasteiger charge is -2.23. The Kier molecular flexibility index (Phi) is 6.53. The molecule has 0 fully saturated rings. The van der Waals surface area contributed by atoms with E-state index < -0.39 is 20.6 Å². The Morgan fingerprint density at radius 1 is 1.06 bits per heavy atom. The van der Waals surface area contributed by atoms with E-state index in [4.69, 9.17) is 19.6 Å². The highest BCUT2D eigenvalue weighted by atomic mass is 31.2. The van der Waals surface area contributed by atoms with Gasteiger partial charge in [0.05, 0.1) is 0 Å². The Hall–Kier alpha value is 0.260. The van der Waals surface area contributed by atoms with Crippen LogP contribution < -0.4 is 0 Å². The van der Waals surface area contributed by atoms with Crippen LogP contribution in [0.1, 0.15) is 20.3 Å². The Morgan fingerprint density at radius 2 is 1.47 bits per heavy atom. The van der Waals surface area contributed by atoms with Gasteiger partial charge in [-0.15, -0.1) is 0 Å². The number of hydrogen-bond donors (Lipinski definition) is 4. The molecule has 0 rings (SSSR count). The van der Waals surface area contributed by atoms with Crippen LogP contribution in [0.4, 0.5) is 0 Å². The lowest BCUT2D eigenvalue weighted by Crippen LogP contribution is -2.27. The second-order valence-electron chi connectivity index (χ2n) is 4.60. The molecular weight excluding hydrogens is 268 g/mol. The van der Waals surface area contributed by atoms with Gasteiger partial charge in [-0.3, -0.25) is 9.13 Å². The summed E-state index contributed by atoms with van der Waals surface area (Å²) in [5.74, 6) is 0.378. The molecule has 0 saturated heterocycles. The molecule has 0 bridgehead atoms. The Bertz CT molecular complexity index is 300. The van der Waals surface area contributed by atoms with Crippen molar-refractivity contribution in [3.8, 4) is 0 Å². The highest BCUT2D eigenvalue weighted by molar-refractivity contribution is 7.70. The zero-order chi connectivity index (χ0) is 13.9. The number of hydrogen-bond acceptors (Lipinski definition) is 3. The quantitative estimate of drug-likeness (QED) is 0.508. The van der Waals surface area contributed by atoms with Crippen LogP contribution in [0.15, 0.2) is 0 Å². The van der Waals surface area contributed by atoms with Gasteiger partial charge in [0.15, 0.2) is 5.40 Å². The van der Waals surface area contributed by atoms with Crippen molar-refractivity contribution in [3.63, 3.8) is 0 Å². The van der Waals surface area contributed by atoms with Crippen LogP contribution in [0.3, 0.4) is 0 Å². The maximum absolute atomic E-state index is 11.0. The zero-order valence-corrected chi connectivity index (χ0v) is 12.0. The minimum absolute atomic E-state index is 0.224. The van der Waals surface area contributed by atoms with E-state index >= 15 is 0 Å². The molecule has 0 unspecified atom stereocenters. The van der Waals surface area contributed by atoms with E-state index in [-0.39, 0.29) is 13.0 Å². The standard InChI is InChI=1S/C8H21NO6P2/c1-7(2)6-9(3)5-4-8(16(10,11)12)17(13,14)15/h7-8H,4-6H2,1-3H3,(H2,10,11,12)(H2,13,14,15). The average molecular weight is 289 g/mol. The molecule has 0 aromatic carbocycles. The van der Waals surface area contributed by atoms with Gasteiger partial charge in [-0.05, 0) is 25.9 Å². The van der Waals surface area contributed by atoms with Crippen molar-refractivity contribution in [2.45, 2.75) is 25.7 Å². The van der Waals surface area contributed by atoms with Gasteiger partial charge in [0.25, 0.3) is 0 Å². The Labute approximate surface area is 101 Å². The SMILES string of the molecule is CC(C)CN(C)CCC(P(=O)(O)O)P(=O)(O)O. The van der Waals surface area contributed by atoms with E-state index in [0.717, 1.165) is 0 Å². The predicted octanol–water partition coefficient (Wildman–Crippen LogP) is 0.646. The Balaban J connectivity index is 4.50. The first-order valence-corrected chi connectivity index (χ1v) is 8.60. The molecule has 0 aliphatic carbocycles. The Morgan fingerprint density at radius 3 is 1.76 bits per heavy atom. The molecule has 0 radical (unpaired) electrons. The number of rotatable bonds is 7. The van der Waals surface area contributed by atoms with Crippen LogP contribution >= 0.6 is 15.2 Å². The van der Waals surface area contributed by atoms with Crippen LogP contribution in [0.2, 0.25) is 0 Å². The predicted molar refractivity (Wildman–Crippen MR) is 64.8 cm³/mol. The average Bonchev–Trinajstić information content (AvgIpc) is 1.96. The summed E-state index contributed by atoms with van der Waals surface area (Å²) in [5.41, 5.74) is 0. The summed E-state index contributed by atoms with van der Waals surface area (Å²) in [4.78, 5) is 37.4. The van der Waals surface area contributed by atoms with Gasteiger partial charge in [0.2, 0.25) is 0 Å². The van der Waals surface area contributed by atoms with Crippen molar-refractivity contribution in [2.24, 2.45) is 5.92 Å². The zero-order valence-electron chi connectivity index (χ0n) is 10.2. The van der Waals surface area contributed by atoms with Gasteiger partial charge in [-0.25, -0.2) is 0 Å². The summed E-state index contributed by atoms with van der Waals surface area (Å²) in [6, 6.07) is 0. The minimum Gasteiger partial charge on any atom is -0.324 e. The number of nitrogens with zero attached hydrogens (tertiary/aromatic N) is 1. The van der Waals surface area contributed by atoms with E-state index in [1.54, 1.807) is 11.9 Å². The molecule has 0 aliphatic heterocycles. The summed E-state index contributed by atoms with van der Waals surface area (Å²) in [6.45, 7) is 4.91. The van der Waals surface area contributed by atoms with Gasteiger partial charge in [0.1, 0.15) is 0 Å². The van der Waals surface area contributed by atoms with Crippen molar-refractivity contribution in [3.05, 3.63) is 0 Å². The molecule has 0 aromatic heterocycles. The van der Waals surface area contributed by atoms with E-state index in [9.17, 15) is 9.13 Å². The highest BCUT2D eigenvalue weighted by Crippen LogP contribution is 2.61. The third kappa shape index (κ3) is 7.32. The van der Waals surface area contributed by atoms with Gasteiger partial charge in [0, 0.05) is 6.54 Å². The summed E-state index contributed by atoms with van der Waals surface area (Å²) < 4.78 is 22.0. The molecule has 0 atom stereocenters. The van der Waals surface area contributed by atoms with Crippen molar-refractivity contribution in [1.82, 2.24) is 4.90 Å². The molecule has 9 heteroatoms. The smallest absolute Gasteiger partial charge is 0.324 e. The van der Waals surface area contributed by atoms with E-state index in [1.807, 2.05) is 13.8 Å². The summed E-state index contributed by atoms with van der Waals surface area (Å²) in [5, 5.41) is -1.90. The fourth-order valence-corrected chi connectivity index (χ4v) is 4.05. The summed E-state index contributed by atoms with van der Waals surface area (Å²) >= 11 is 0. The second kappa shape index (κ2) is 6.43. The summed E-state index contributed by atoms with van der Waals surface area (Å²) in [7, 11) is -7.81. The first kappa shape index (κ1) is 17.3. The molecular formula is C8H21NO6P2. The molecule has 0 heterocycles. The van der Waals surface area contributed by atoms with Crippen LogP contribution in [0.5, 0.6) is 0 Å². The van der Waals surface area contributed by atoms with Crippen molar-refractivity contribution in [2.75, 3.05) is 20.1 Å². The topological polar surface area (TPSA) is 118 Å². The summed E-state index contributed by atoms with van der Waals surface area (Å²) in [6.07, 6.45) is -0.224. The van der Waals surface area contributed by atoms with Gasteiger partial charge >= 0.3 is 15.2 Å². The molecule has 0 saturated carbocycles. The molecule has 0 aliphatic rings. The van der Waals surface area contributed by atoms with Crippen LogP contribution in [0, 0.1) is 5.92 Å².